The second-order valence-electron chi connectivity index (χ2n) is 5.79. The number of hydrogen-bond donors (Lipinski definition) is 1. The summed E-state index contributed by atoms with van der Waals surface area (Å²) < 4.78 is 4.64. The molecule has 0 saturated heterocycles. The second kappa shape index (κ2) is 9.50. The van der Waals surface area contributed by atoms with Gasteiger partial charge in [-0.3, -0.25) is 4.79 Å². The van der Waals surface area contributed by atoms with Crippen molar-refractivity contribution in [2.24, 2.45) is 0 Å². The lowest BCUT2D eigenvalue weighted by atomic mass is 10.2. The van der Waals surface area contributed by atoms with Gasteiger partial charge in [-0.05, 0) is 49.2 Å². The summed E-state index contributed by atoms with van der Waals surface area (Å²) in [6.07, 6.45) is 2.04. The zero-order valence-electron chi connectivity index (χ0n) is 15.4. The van der Waals surface area contributed by atoms with Crippen molar-refractivity contribution < 1.29 is 14.3 Å². The van der Waals surface area contributed by atoms with E-state index in [1.54, 1.807) is 30.3 Å². The van der Waals surface area contributed by atoms with E-state index >= 15 is 0 Å². The van der Waals surface area contributed by atoms with Crippen molar-refractivity contribution in [3.05, 3.63) is 47.7 Å². The molecule has 26 heavy (non-hydrogen) atoms. The van der Waals surface area contributed by atoms with E-state index in [0.717, 1.165) is 31.7 Å². The number of carbonyl (C=O) groups excluding carboxylic acids is 2. The Morgan fingerprint density at radius 2 is 1.65 bits per heavy atom. The van der Waals surface area contributed by atoms with Crippen molar-refractivity contribution in [2.45, 2.75) is 26.7 Å². The molecule has 0 fully saturated rings. The van der Waals surface area contributed by atoms with Gasteiger partial charge in [0.1, 0.15) is 0 Å². The summed E-state index contributed by atoms with van der Waals surface area (Å²) in [4.78, 5) is 25.9. The first-order chi connectivity index (χ1) is 12.6. The van der Waals surface area contributed by atoms with Crippen molar-refractivity contribution in [3.8, 4) is 0 Å². The van der Waals surface area contributed by atoms with Crippen molar-refractivity contribution in [1.82, 2.24) is 10.2 Å². The van der Waals surface area contributed by atoms with E-state index in [1.807, 2.05) is 6.07 Å². The molecule has 138 valence electrons. The first kappa shape index (κ1) is 19.4. The summed E-state index contributed by atoms with van der Waals surface area (Å²) in [5.41, 5.74) is 1.22. The summed E-state index contributed by atoms with van der Waals surface area (Å²) in [5, 5.41) is 11.0. The van der Waals surface area contributed by atoms with E-state index < -0.39 is 5.97 Å². The van der Waals surface area contributed by atoms with Gasteiger partial charge in [0, 0.05) is 18.8 Å². The smallest absolute Gasteiger partial charge is 0.337 e. The zero-order chi connectivity index (χ0) is 18.9. The quantitative estimate of drug-likeness (QED) is 0.732. The highest BCUT2D eigenvalue weighted by molar-refractivity contribution is 6.03. The maximum absolute atomic E-state index is 12.3. The third kappa shape index (κ3) is 5.02. The summed E-state index contributed by atoms with van der Waals surface area (Å²) in [7, 11) is 1.32. The van der Waals surface area contributed by atoms with E-state index in [-0.39, 0.29) is 11.6 Å². The molecule has 0 saturated carbocycles. The van der Waals surface area contributed by atoms with Crippen LogP contribution in [-0.4, -0.2) is 42.3 Å². The number of nitrogens with zero attached hydrogens (tertiary/aromatic N) is 3. The van der Waals surface area contributed by atoms with Crippen molar-refractivity contribution in [2.75, 3.05) is 30.4 Å². The number of hydrogen-bond acceptors (Lipinski definition) is 6. The first-order valence-electron chi connectivity index (χ1n) is 8.67. The number of anilines is 2. The van der Waals surface area contributed by atoms with Crippen LogP contribution in [0.4, 0.5) is 11.5 Å². The summed E-state index contributed by atoms with van der Waals surface area (Å²) in [5.74, 6) is -0.00636. The van der Waals surface area contributed by atoms with Crippen LogP contribution < -0.4 is 10.2 Å². The van der Waals surface area contributed by atoms with E-state index in [4.69, 9.17) is 0 Å². The largest absolute Gasteiger partial charge is 0.465 e. The lowest BCUT2D eigenvalue weighted by Gasteiger charge is -2.21. The van der Waals surface area contributed by atoms with Crippen LogP contribution in [0.3, 0.4) is 0 Å². The lowest BCUT2D eigenvalue weighted by molar-refractivity contribution is 0.0600. The van der Waals surface area contributed by atoms with Crippen LogP contribution in [0.5, 0.6) is 0 Å². The predicted molar refractivity (Wildman–Crippen MR) is 101 cm³/mol. The van der Waals surface area contributed by atoms with Gasteiger partial charge in [-0.2, -0.15) is 0 Å². The number of carbonyl (C=O) groups is 2. The number of nitrogens with one attached hydrogen (secondary N) is 1. The Bertz CT molecular complexity index is 723. The molecule has 1 aromatic heterocycles. The fourth-order valence-electron chi connectivity index (χ4n) is 2.50. The van der Waals surface area contributed by atoms with Gasteiger partial charge < -0.3 is 15.0 Å². The van der Waals surface area contributed by atoms with Gasteiger partial charge in [0.15, 0.2) is 11.5 Å². The van der Waals surface area contributed by atoms with Crippen molar-refractivity contribution in [1.29, 1.82) is 0 Å². The molecule has 0 aliphatic heterocycles. The normalized spacial score (nSPS) is 10.3. The van der Waals surface area contributed by atoms with Crippen molar-refractivity contribution >= 4 is 23.4 Å². The molecule has 0 atom stereocenters. The van der Waals surface area contributed by atoms with Crippen LogP contribution in [0.2, 0.25) is 0 Å². The molecule has 0 bridgehead atoms. The highest BCUT2D eigenvalue weighted by atomic mass is 16.5. The molecule has 0 radical (unpaired) electrons. The number of aromatic nitrogens is 2. The van der Waals surface area contributed by atoms with Crippen molar-refractivity contribution in [3.63, 3.8) is 0 Å². The van der Waals surface area contributed by atoms with E-state index in [1.165, 1.54) is 7.11 Å². The Labute approximate surface area is 153 Å². The minimum atomic E-state index is -0.423. The third-order valence-electron chi connectivity index (χ3n) is 3.76. The van der Waals surface area contributed by atoms with Crippen LogP contribution in [0.25, 0.3) is 0 Å². The van der Waals surface area contributed by atoms with Gasteiger partial charge in [-0.1, -0.05) is 13.8 Å². The Morgan fingerprint density at radius 3 is 2.15 bits per heavy atom. The fraction of sp³-hybridized carbons (Fsp3) is 0.368. The molecule has 7 heteroatoms. The van der Waals surface area contributed by atoms with Gasteiger partial charge >= 0.3 is 5.97 Å². The molecular weight excluding hydrogens is 332 g/mol. The molecule has 2 aromatic rings. The molecule has 1 aromatic carbocycles. The minimum absolute atomic E-state index is 0.235. The van der Waals surface area contributed by atoms with Crippen LogP contribution in [0, 0.1) is 0 Å². The Morgan fingerprint density at radius 1 is 1.00 bits per heavy atom. The maximum atomic E-state index is 12.3. The van der Waals surface area contributed by atoms with Gasteiger partial charge in [0.05, 0.1) is 12.7 Å². The maximum Gasteiger partial charge on any atom is 0.337 e. The van der Waals surface area contributed by atoms with E-state index in [0.29, 0.717) is 11.3 Å². The first-order valence-corrected chi connectivity index (χ1v) is 8.67. The summed E-state index contributed by atoms with van der Waals surface area (Å²) in [6, 6.07) is 9.92. The number of benzene rings is 1. The second-order valence-corrected chi connectivity index (χ2v) is 5.79. The van der Waals surface area contributed by atoms with Gasteiger partial charge in [0.25, 0.3) is 5.91 Å². The molecule has 0 aliphatic carbocycles. The molecule has 1 amide bonds. The predicted octanol–water partition coefficient (Wildman–Crippen LogP) is 3.14. The zero-order valence-corrected chi connectivity index (χ0v) is 15.4. The average molecular weight is 356 g/mol. The van der Waals surface area contributed by atoms with Gasteiger partial charge in [-0.15, -0.1) is 10.2 Å². The highest BCUT2D eigenvalue weighted by Crippen LogP contribution is 2.14. The highest BCUT2D eigenvalue weighted by Gasteiger charge is 2.12. The number of ether oxygens (including phenoxy) is 1. The van der Waals surface area contributed by atoms with E-state index in [2.05, 4.69) is 39.0 Å². The van der Waals surface area contributed by atoms with Gasteiger partial charge in [-0.25, -0.2) is 4.79 Å². The lowest BCUT2D eigenvalue weighted by Crippen LogP contribution is -2.26. The molecule has 0 aliphatic rings. The molecule has 2 rings (SSSR count). The number of rotatable bonds is 8. The van der Waals surface area contributed by atoms with Crippen LogP contribution >= 0.6 is 0 Å². The van der Waals surface area contributed by atoms with Crippen LogP contribution in [0.15, 0.2) is 36.4 Å². The third-order valence-corrected chi connectivity index (χ3v) is 3.76. The molecule has 7 nitrogen and oxygen atoms in total. The molecule has 0 unspecified atom stereocenters. The molecule has 0 spiro atoms. The standard InChI is InChI=1S/C19H24N4O3/c1-4-12-23(13-5-2)17-11-10-16(21-22-17)18(24)20-15-8-6-14(7-9-15)19(25)26-3/h6-11H,4-5,12-13H2,1-3H3,(H,20,24). The topological polar surface area (TPSA) is 84.4 Å². The summed E-state index contributed by atoms with van der Waals surface area (Å²) in [6.45, 7) is 6.04. The van der Waals surface area contributed by atoms with Crippen LogP contribution in [-0.2, 0) is 4.74 Å². The minimum Gasteiger partial charge on any atom is -0.465 e. The Hall–Kier alpha value is -2.96. The van der Waals surface area contributed by atoms with E-state index in [9.17, 15) is 9.59 Å². The fourth-order valence-corrected chi connectivity index (χ4v) is 2.50. The average Bonchev–Trinajstić information content (AvgIpc) is 2.68. The van der Waals surface area contributed by atoms with Gasteiger partial charge in [0.2, 0.25) is 0 Å². The molecule has 1 N–H and O–H groups in total. The monoisotopic (exact) mass is 356 g/mol. The summed E-state index contributed by atoms with van der Waals surface area (Å²) >= 11 is 0. The Balaban J connectivity index is 2.04. The van der Waals surface area contributed by atoms with Crippen LogP contribution in [0.1, 0.15) is 47.5 Å². The molecular formula is C19H24N4O3. The molecule has 1 heterocycles. The number of amides is 1. The Kier molecular flexibility index (Phi) is 7.08. The number of esters is 1. The SMILES string of the molecule is CCCN(CCC)c1ccc(C(=O)Nc2ccc(C(=O)OC)cc2)nn1. The number of methoxy groups -OCH3 is 1.